The number of rotatable bonds is 2. The lowest BCUT2D eigenvalue weighted by molar-refractivity contribution is -0.332. The van der Waals surface area contributed by atoms with E-state index in [1.165, 1.54) is 32.0 Å². The highest BCUT2D eigenvalue weighted by Crippen LogP contribution is 2.43. The van der Waals surface area contributed by atoms with Crippen molar-refractivity contribution < 1.29 is 22.7 Å². The molecule has 0 amide bonds. The van der Waals surface area contributed by atoms with E-state index in [0.29, 0.717) is 0 Å². The predicted octanol–water partition coefficient (Wildman–Crippen LogP) is 2.98. The first kappa shape index (κ1) is 12.0. The van der Waals surface area contributed by atoms with Crippen LogP contribution in [0.3, 0.4) is 0 Å². The highest BCUT2D eigenvalue weighted by molar-refractivity contribution is 5.37. The van der Waals surface area contributed by atoms with Crippen molar-refractivity contribution in [2.24, 2.45) is 0 Å². The number of hydrogen-bond acceptors (Lipinski definition) is 1. The van der Waals surface area contributed by atoms with Gasteiger partial charge < -0.3 is 5.11 Å². The fourth-order valence-electron chi connectivity index (χ4n) is 1.46. The second kappa shape index (κ2) is 3.48. The maximum atomic E-state index is 13.2. The minimum Gasteiger partial charge on any atom is -0.331 e. The molecule has 0 aliphatic carbocycles. The van der Waals surface area contributed by atoms with Crippen LogP contribution < -0.4 is 0 Å². The molecule has 0 aliphatic heterocycles. The van der Waals surface area contributed by atoms with Gasteiger partial charge in [0.15, 0.2) is 0 Å². The van der Waals surface area contributed by atoms with Crippen molar-refractivity contribution in [1.29, 1.82) is 0 Å². The number of aliphatic hydroxyl groups is 1. The molecule has 0 unspecified atom stereocenters. The van der Waals surface area contributed by atoms with Crippen molar-refractivity contribution in [1.82, 2.24) is 0 Å². The van der Waals surface area contributed by atoms with Crippen molar-refractivity contribution in [2.45, 2.75) is 25.9 Å². The Labute approximate surface area is 84.3 Å². The predicted molar refractivity (Wildman–Crippen MR) is 47.0 cm³/mol. The molecule has 0 aliphatic rings. The molecule has 0 fully saturated rings. The van der Waals surface area contributed by atoms with Gasteiger partial charge in [-0.15, -0.1) is 0 Å². The quantitative estimate of drug-likeness (QED) is 0.762. The molecule has 0 atom stereocenters. The van der Waals surface area contributed by atoms with Gasteiger partial charge in [-0.1, -0.05) is 18.2 Å². The fraction of sp³-hybridized carbons (Fsp3) is 0.400. The van der Waals surface area contributed by atoms with E-state index >= 15 is 0 Å². The number of halogens is 4. The van der Waals surface area contributed by atoms with E-state index in [4.69, 9.17) is 5.11 Å². The molecule has 0 heterocycles. The van der Waals surface area contributed by atoms with Crippen LogP contribution in [0.2, 0.25) is 0 Å². The van der Waals surface area contributed by atoms with Crippen molar-refractivity contribution >= 4 is 0 Å². The van der Waals surface area contributed by atoms with E-state index in [-0.39, 0.29) is 11.1 Å². The Bertz CT molecular complexity index is 348. The van der Waals surface area contributed by atoms with E-state index in [9.17, 15) is 17.6 Å². The molecular weight excluding hydrogens is 212 g/mol. The van der Waals surface area contributed by atoms with Gasteiger partial charge in [0.1, 0.15) is 0 Å². The van der Waals surface area contributed by atoms with E-state index in [1.54, 1.807) is 0 Å². The SMILES string of the molecule is Cc1cccc(C)c1C(F)(F)C(O)(F)F. The van der Waals surface area contributed by atoms with Crippen LogP contribution in [-0.2, 0) is 5.92 Å². The third kappa shape index (κ3) is 1.97. The molecule has 5 heteroatoms. The van der Waals surface area contributed by atoms with Gasteiger partial charge in [-0.3, -0.25) is 0 Å². The van der Waals surface area contributed by atoms with Crippen molar-refractivity contribution in [3.05, 3.63) is 34.9 Å². The normalized spacial score (nSPS) is 13.0. The van der Waals surface area contributed by atoms with Gasteiger partial charge in [0.25, 0.3) is 0 Å². The Balaban J connectivity index is 3.39. The summed E-state index contributed by atoms with van der Waals surface area (Å²) >= 11 is 0. The molecule has 0 aromatic heterocycles. The summed E-state index contributed by atoms with van der Waals surface area (Å²) in [7, 11) is 0. The van der Waals surface area contributed by atoms with Gasteiger partial charge in [0.2, 0.25) is 0 Å². The van der Waals surface area contributed by atoms with Crippen LogP contribution in [0.25, 0.3) is 0 Å². The van der Waals surface area contributed by atoms with Crippen LogP contribution in [0, 0.1) is 13.8 Å². The molecule has 1 rings (SSSR count). The minimum absolute atomic E-state index is 0.0220. The topological polar surface area (TPSA) is 20.2 Å². The van der Waals surface area contributed by atoms with E-state index in [0.717, 1.165) is 0 Å². The monoisotopic (exact) mass is 222 g/mol. The Hall–Kier alpha value is -1.10. The summed E-state index contributed by atoms with van der Waals surface area (Å²) in [5.74, 6) is -4.57. The third-order valence-electron chi connectivity index (χ3n) is 2.17. The smallest absolute Gasteiger partial charge is 0.331 e. The molecular formula is C10H10F4O. The minimum atomic E-state index is -5.05. The van der Waals surface area contributed by atoms with Gasteiger partial charge in [0, 0.05) is 5.56 Å². The average molecular weight is 222 g/mol. The highest BCUT2D eigenvalue weighted by atomic mass is 19.3. The van der Waals surface area contributed by atoms with Gasteiger partial charge in [0.05, 0.1) is 0 Å². The Kier molecular flexibility index (Phi) is 2.78. The average Bonchev–Trinajstić information content (AvgIpc) is 2.00. The molecule has 0 saturated carbocycles. The lowest BCUT2D eigenvalue weighted by Gasteiger charge is -2.24. The summed E-state index contributed by atoms with van der Waals surface area (Å²) in [6, 6.07) is 4.07. The second-order valence-electron chi connectivity index (χ2n) is 3.38. The van der Waals surface area contributed by atoms with E-state index < -0.39 is 17.6 Å². The summed E-state index contributed by atoms with van der Waals surface area (Å²) in [5.41, 5.74) is -0.778. The van der Waals surface area contributed by atoms with Gasteiger partial charge in [-0.25, -0.2) is 0 Å². The first-order valence-corrected chi connectivity index (χ1v) is 4.22. The highest BCUT2D eigenvalue weighted by Gasteiger charge is 2.57. The number of aryl methyl sites for hydroxylation is 2. The Morgan fingerprint density at radius 1 is 1.00 bits per heavy atom. The van der Waals surface area contributed by atoms with Crippen LogP contribution in [0.5, 0.6) is 0 Å². The van der Waals surface area contributed by atoms with E-state index in [2.05, 4.69) is 0 Å². The zero-order chi connectivity index (χ0) is 11.9. The fourth-order valence-corrected chi connectivity index (χ4v) is 1.46. The molecule has 1 aromatic carbocycles. The maximum Gasteiger partial charge on any atom is 0.421 e. The van der Waals surface area contributed by atoms with Gasteiger partial charge in [-0.05, 0) is 25.0 Å². The van der Waals surface area contributed by atoms with Gasteiger partial charge >= 0.3 is 12.0 Å². The number of hydrogen-bond donors (Lipinski definition) is 1. The lowest BCUT2D eigenvalue weighted by atomic mass is 9.96. The zero-order valence-corrected chi connectivity index (χ0v) is 8.19. The summed E-state index contributed by atoms with van der Waals surface area (Å²) in [6.45, 7) is 2.59. The van der Waals surface area contributed by atoms with E-state index in [1.807, 2.05) is 0 Å². The molecule has 0 spiro atoms. The summed E-state index contributed by atoms with van der Waals surface area (Å²) in [4.78, 5) is 0. The van der Waals surface area contributed by atoms with Crippen LogP contribution in [0.1, 0.15) is 16.7 Å². The summed E-state index contributed by atoms with van der Waals surface area (Å²) in [6.07, 6.45) is -5.05. The second-order valence-corrected chi connectivity index (χ2v) is 3.38. The van der Waals surface area contributed by atoms with Crippen LogP contribution in [0.15, 0.2) is 18.2 Å². The van der Waals surface area contributed by atoms with Crippen molar-refractivity contribution in [2.75, 3.05) is 0 Å². The Morgan fingerprint density at radius 3 is 1.73 bits per heavy atom. The van der Waals surface area contributed by atoms with Crippen LogP contribution >= 0.6 is 0 Å². The first-order chi connectivity index (χ1) is 6.68. The lowest BCUT2D eigenvalue weighted by Crippen LogP contribution is -2.38. The largest absolute Gasteiger partial charge is 0.421 e. The first-order valence-electron chi connectivity index (χ1n) is 4.22. The Morgan fingerprint density at radius 2 is 1.40 bits per heavy atom. The van der Waals surface area contributed by atoms with Gasteiger partial charge in [-0.2, -0.15) is 17.6 Å². The molecule has 0 saturated heterocycles. The number of benzene rings is 1. The third-order valence-corrected chi connectivity index (χ3v) is 2.17. The molecule has 15 heavy (non-hydrogen) atoms. The van der Waals surface area contributed by atoms with Crippen molar-refractivity contribution in [3.8, 4) is 0 Å². The zero-order valence-electron chi connectivity index (χ0n) is 8.19. The number of alkyl halides is 4. The molecule has 1 aromatic rings. The summed E-state index contributed by atoms with van der Waals surface area (Å²) in [5, 5.41) is 8.16. The molecule has 1 N–H and O–H groups in total. The standard InChI is InChI=1S/C10H10F4O/c1-6-4-3-5-7(2)8(6)9(11,12)10(13,14)15/h3-5,15H,1-2H3. The summed E-state index contributed by atoms with van der Waals surface area (Å²) < 4.78 is 51.1. The maximum absolute atomic E-state index is 13.2. The molecule has 0 radical (unpaired) electrons. The van der Waals surface area contributed by atoms with Crippen LogP contribution in [0.4, 0.5) is 17.6 Å². The molecule has 0 bridgehead atoms. The van der Waals surface area contributed by atoms with Crippen LogP contribution in [-0.4, -0.2) is 11.2 Å². The molecule has 1 nitrogen and oxygen atoms in total. The van der Waals surface area contributed by atoms with Crippen molar-refractivity contribution in [3.63, 3.8) is 0 Å². The molecule has 84 valence electrons.